The van der Waals surface area contributed by atoms with Crippen molar-refractivity contribution in [3.8, 4) is 11.3 Å². The molecule has 0 atom stereocenters. The van der Waals surface area contributed by atoms with Gasteiger partial charge in [0.05, 0.1) is 5.69 Å². The Bertz CT molecular complexity index is 715. The van der Waals surface area contributed by atoms with Crippen LogP contribution in [0.25, 0.3) is 17.0 Å². The van der Waals surface area contributed by atoms with Crippen LogP contribution in [0.15, 0.2) is 42.6 Å². The van der Waals surface area contributed by atoms with E-state index in [1.54, 1.807) is 12.1 Å². The molecule has 96 valence electrons. The summed E-state index contributed by atoms with van der Waals surface area (Å²) in [4.78, 5) is 8.99. The first-order valence-electron chi connectivity index (χ1n) is 6.06. The molecule has 0 aliphatic heterocycles. The predicted octanol–water partition coefficient (Wildman–Crippen LogP) is 2.01. The van der Waals surface area contributed by atoms with Gasteiger partial charge >= 0.3 is 0 Å². The topological polar surface area (TPSA) is 59.5 Å². The molecule has 0 aliphatic rings. The third-order valence-corrected chi connectivity index (χ3v) is 2.98. The minimum Gasteiger partial charge on any atom is -0.299 e. The Balaban J connectivity index is 2.23. The average Bonchev–Trinajstić information content (AvgIpc) is 2.82. The van der Waals surface area contributed by atoms with Crippen LogP contribution >= 0.6 is 0 Å². The molecule has 5 heteroatoms. The minimum atomic E-state index is 0.658. The van der Waals surface area contributed by atoms with Gasteiger partial charge in [0.25, 0.3) is 0 Å². The molecule has 0 bridgehead atoms. The van der Waals surface area contributed by atoms with Crippen LogP contribution in [0, 0.1) is 6.92 Å². The van der Waals surface area contributed by atoms with E-state index in [1.807, 2.05) is 53.9 Å². The zero-order valence-electron chi connectivity index (χ0n) is 10.9. The molecular weight excluding hydrogens is 238 g/mol. The van der Waals surface area contributed by atoms with Gasteiger partial charge < -0.3 is 0 Å². The normalized spacial score (nSPS) is 10.9. The highest BCUT2D eigenvalue weighted by Gasteiger charge is 2.10. The molecule has 0 unspecified atom stereocenters. The fourth-order valence-corrected chi connectivity index (χ4v) is 2.08. The van der Waals surface area contributed by atoms with Crippen LogP contribution in [-0.4, -0.2) is 21.4 Å². The van der Waals surface area contributed by atoms with Crippen molar-refractivity contribution in [3.05, 3.63) is 48.3 Å². The van der Waals surface area contributed by atoms with Gasteiger partial charge in [-0.25, -0.2) is 15.8 Å². The molecular formula is C14H15N5. The molecule has 1 aromatic carbocycles. The van der Waals surface area contributed by atoms with E-state index >= 15 is 0 Å². The first-order valence-corrected chi connectivity index (χ1v) is 6.06. The first-order chi connectivity index (χ1) is 9.15. The monoisotopic (exact) mass is 253 g/mol. The van der Waals surface area contributed by atoms with Gasteiger partial charge in [-0.1, -0.05) is 30.3 Å². The minimum absolute atomic E-state index is 0.658. The van der Waals surface area contributed by atoms with Gasteiger partial charge in [0.2, 0.25) is 5.78 Å². The predicted molar refractivity (Wildman–Crippen MR) is 75.8 cm³/mol. The Labute approximate surface area is 111 Å². The fourth-order valence-electron chi connectivity index (χ4n) is 2.08. The molecule has 0 radical (unpaired) electrons. The summed E-state index contributed by atoms with van der Waals surface area (Å²) in [5.74, 6) is 7.37. The quantitative estimate of drug-likeness (QED) is 0.560. The van der Waals surface area contributed by atoms with Crippen molar-refractivity contribution < 1.29 is 0 Å². The van der Waals surface area contributed by atoms with Crippen molar-refractivity contribution in [1.82, 2.24) is 14.4 Å². The van der Waals surface area contributed by atoms with Crippen LogP contribution in [0.5, 0.6) is 0 Å². The average molecular weight is 253 g/mol. The van der Waals surface area contributed by atoms with E-state index in [9.17, 15) is 0 Å². The van der Waals surface area contributed by atoms with E-state index in [4.69, 9.17) is 5.84 Å². The SMILES string of the molecule is Cc1cc(N(C)N)n2cc(-c3ccccc3)nc2n1. The molecule has 0 spiro atoms. The number of nitrogens with two attached hydrogens (primary N) is 1. The first kappa shape index (κ1) is 11.7. The Morgan fingerprint density at radius 1 is 1.16 bits per heavy atom. The molecule has 19 heavy (non-hydrogen) atoms. The Morgan fingerprint density at radius 2 is 1.89 bits per heavy atom. The van der Waals surface area contributed by atoms with Gasteiger partial charge in [-0.2, -0.15) is 0 Å². The number of hydrazine groups is 1. The van der Waals surface area contributed by atoms with Gasteiger partial charge in [-0.05, 0) is 6.92 Å². The van der Waals surface area contributed by atoms with Gasteiger partial charge in [0.15, 0.2) is 0 Å². The second-order valence-corrected chi connectivity index (χ2v) is 4.53. The van der Waals surface area contributed by atoms with Crippen LogP contribution in [-0.2, 0) is 0 Å². The third-order valence-electron chi connectivity index (χ3n) is 2.98. The summed E-state index contributed by atoms with van der Waals surface area (Å²) in [6.07, 6.45) is 1.95. The van der Waals surface area contributed by atoms with Crippen LogP contribution < -0.4 is 10.9 Å². The molecule has 3 aromatic rings. The van der Waals surface area contributed by atoms with E-state index in [-0.39, 0.29) is 0 Å². The summed E-state index contributed by atoms with van der Waals surface area (Å²) in [6.45, 7) is 1.93. The number of aromatic nitrogens is 3. The van der Waals surface area contributed by atoms with Crippen molar-refractivity contribution in [2.75, 3.05) is 12.1 Å². The number of anilines is 1. The van der Waals surface area contributed by atoms with E-state index in [0.717, 1.165) is 22.8 Å². The maximum absolute atomic E-state index is 5.85. The lowest BCUT2D eigenvalue weighted by Gasteiger charge is -2.14. The second kappa shape index (κ2) is 4.37. The van der Waals surface area contributed by atoms with Crippen LogP contribution in [0.4, 0.5) is 5.82 Å². The molecule has 0 aliphatic carbocycles. The van der Waals surface area contributed by atoms with E-state index < -0.39 is 0 Å². The van der Waals surface area contributed by atoms with E-state index in [1.165, 1.54) is 0 Å². The molecule has 0 amide bonds. The summed E-state index contributed by atoms with van der Waals surface area (Å²) >= 11 is 0. The van der Waals surface area contributed by atoms with Gasteiger partial charge in [0, 0.05) is 30.6 Å². The van der Waals surface area contributed by atoms with E-state index in [2.05, 4.69) is 9.97 Å². The lowest BCUT2D eigenvalue weighted by molar-refractivity contribution is 0.930. The fraction of sp³-hybridized carbons (Fsp3) is 0.143. The summed E-state index contributed by atoms with van der Waals surface area (Å²) in [6, 6.07) is 12.0. The van der Waals surface area contributed by atoms with Gasteiger partial charge in [-0.3, -0.25) is 9.41 Å². The number of fused-ring (bicyclic) bond motifs is 1. The zero-order valence-corrected chi connectivity index (χ0v) is 10.9. The molecule has 5 nitrogen and oxygen atoms in total. The number of aryl methyl sites for hydroxylation is 1. The van der Waals surface area contributed by atoms with Crippen molar-refractivity contribution in [3.63, 3.8) is 0 Å². The van der Waals surface area contributed by atoms with Crippen molar-refractivity contribution >= 4 is 11.6 Å². The number of nitrogens with zero attached hydrogens (tertiary/aromatic N) is 4. The second-order valence-electron chi connectivity index (χ2n) is 4.53. The van der Waals surface area contributed by atoms with Crippen LogP contribution in [0.2, 0.25) is 0 Å². The molecule has 2 N–H and O–H groups in total. The largest absolute Gasteiger partial charge is 0.299 e. The maximum Gasteiger partial charge on any atom is 0.236 e. The Morgan fingerprint density at radius 3 is 2.58 bits per heavy atom. The van der Waals surface area contributed by atoms with Crippen LogP contribution in [0.1, 0.15) is 5.69 Å². The molecule has 3 rings (SSSR count). The lowest BCUT2D eigenvalue weighted by Crippen LogP contribution is -2.27. The highest BCUT2D eigenvalue weighted by molar-refractivity contribution is 5.63. The van der Waals surface area contributed by atoms with Gasteiger partial charge in [0.1, 0.15) is 5.82 Å². The van der Waals surface area contributed by atoms with Crippen molar-refractivity contribution in [1.29, 1.82) is 0 Å². The number of imidazole rings is 1. The molecule has 0 saturated heterocycles. The summed E-state index contributed by atoms with van der Waals surface area (Å²) in [7, 11) is 1.80. The Hall–Kier alpha value is -2.40. The molecule has 2 heterocycles. The standard InChI is InChI=1S/C14H15N5/c1-10-8-13(18(2)15)19-9-12(17-14(19)16-10)11-6-4-3-5-7-11/h3-9H,15H2,1-2H3. The summed E-state index contributed by atoms with van der Waals surface area (Å²) in [5, 5.41) is 1.57. The van der Waals surface area contributed by atoms with Crippen molar-refractivity contribution in [2.24, 2.45) is 5.84 Å². The Kier molecular flexibility index (Phi) is 2.68. The molecule has 0 saturated carbocycles. The number of hydrogen-bond donors (Lipinski definition) is 1. The molecule has 2 aromatic heterocycles. The smallest absolute Gasteiger partial charge is 0.236 e. The summed E-state index contributed by atoms with van der Waals surface area (Å²) in [5.41, 5.74) is 2.85. The van der Waals surface area contributed by atoms with Crippen molar-refractivity contribution in [2.45, 2.75) is 6.92 Å². The highest BCUT2D eigenvalue weighted by atomic mass is 15.4. The van der Waals surface area contributed by atoms with E-state index in [0.29, 0.717) is 5.78 Å². The number of rotatable bonds is 2. The third kappa shape index (κ3) is 2.04. The molecule has 0 fully saturated rings. The summed E-state index contributed by atoms with van der Waals surface area (Å²) < 4.78 is 1.90. The lowest BCUT2D eigenvalue weighted by atomic mass is 10.2. The maximum atomic E-state index is 5.85. The number of benzene rings is 1. The number of hydrogen-bond acceptors (Lipinski definition) is 4. The van der Waals surface area contributed by atoms with Crippen LogP contribution in [0.3, 0.4) is 0 Å². The zero-order chi connectivity index (χ0) is 13.4. The highest BCUT2D eigenvalue weighted by Crippen LogP contribution is 2.21. The van der Waals surface area contributed by atoms with Gasteiger partial charge in [-0.15, -0.1) is 0 Å².